The van der Waals surface area contributed by atoms with Crippen molar-refractivity contribution in [2.75, 3.05) is 23.7 Å². The zero-order valence-corrected chi connectivity index (χ0v) is 18.6. The largest absolute Gasteiger partial charge is 0.383 e. The molecule has 2 aromatic rings. The maximum absolute atomic E-state index is 13.0. The van der Waals surface area contributed by atoms with E-state index in [-0.39, 0.29) is 59.8 Å². The SMILES string of the molecule is Cc1cccc(NC(=O)c2cc([N+](=O)[O-])ccc2NCCN2C(=O)[C@@H]3[C@H](C2=O)[C@@H]2C=C[C@H]3C2)c1. The first kappa shape index (κ1) is 21.8. The van der Waals surface area contributed by atoms with Crippen LogP contribution in [-0.4, -0.2) is 40.6 Å². The molecular formula is C25H24N4O5. The number of allylic oxidation sites excluding steroid dienone is 2. The third-order valence-electron chi connectivity index (χ3n) is 6.95. The summed E-state index contributed by atoms with van der Waals surface area (Å²) in [7, 11) is 0. The predicted molar refractivity (Wildman–Crippen MR) is 125 cm³/mol. The average molecular weight is 460 g/mol. The van der Waals surface area contributed by atoms with Crippen molar-refractivity contribution in [1.29, 1.82) is 0 Å². The van der Waals surface area contributed by atoms with E-state index in [0.29, 0.717) is 11.4 Å². The lowest BCUT2D eigenvalue weighted by atomic mass is 9.85. The molecule has 1 saturated heterocycles. The Morgan fingerprint density at radius 3 is 2.44 bits per heavy atom. The molecule has 5 rings (SSSR count). The Morgan fingerprint density at radius 1 is 1.09 bits per heavy atom. The summed E-state index contributed by atoms with van der Waals surface area (Å²) >= 11 is 0. The summed E-state index contributed by atoms with van der Waals surface area (Å²) in [6.45, 7) is 2.29. The first-order chi connectivity index (χ1) is 16.3. The normalized spacial score (nSPS) is 24.4. The monoisotopic (exact) mass is 460 g/mol. The summed E-state index contributed by atoms with van der Waals surface area (Å²) in [5.74, 6) is -0.964. The Morgan fingerprint density at radius 2 is 1.79 bits per heavy atom. The van der Waals surface area contributed by atoms with Crippen LogP contribution in [0.1, 0.15) is 22.3 Å². The van der Waals surface area contributed by atoms with Gasteiger partial charge in [-0.25, -0.2) is 0 Å². The number of nitrogens with one attached hydrogen (secondary N) is 2. The lowest BCUT2D eigenvalue weighted by molar-refractivity contribution is -0.384. The van der Waals surface area contributed by atoms with E-state index < -0.39 is 10.8 Å². The van der Waals surface area contributed by atoms with Gasteiger partial charge in [-0.05, 0) is 48.9 Å². The molecule has 9 heteroatoms. The van der Waals surface area contributed by atoms with Gasteiger partial charge in [-0.3, -0.25) is 29.4 Å². The molecule has 9 nitrogen and oxygen atoms in total. The van der Waals surface area contributed by atoms with E-state index in [1.54, 1.807) is 18.2 Å². The molecule has 0 aromatic heterocycles. The van der Waals surface area contributed by atoms with Gasteiger partial charge in [0.1, 0.15) is 0 Å². The second-order valence-electron chi connectivity index (χ2n) is 9.07. The molecule has 4 atom stereocenters. The number of aryl methyl sites for hydroxylation is 1. The minimum absolute atomic E-state index is 0.105. The van der Waals surface area contributed by atoms with Gasteiger partial charge in [0, 0.05) is 36.6 Å². The van der Waals surface area contributed by atoms with E-state index >= 15 is 0 Å². The van der Waals surface area contributed by atoms with Gasteiger partial charge in [-0.1, -0.05) is 24.3 Å². The molecule has 2 aromatic carbocycles. The number of hydrogen-bond donors (Lipinski definition) is 2. The molecule has 3 amide bonds. The van der Waals surface area contributed by atoms with Crippen LogP contribution in [0.2, 0.25) is 0 Å². The van der Waals surface area contributed by atoms with Crippen molar-refractivity contribution >= 4 is 34.8 Å². The first-order valence-electron chi connectivity index (χ1n) is 11.3. The zero-order valence-electron chi connectivity index (χ0n) is 18.6. The summed E-state index contributed by atoms with van der Waals surface area (Å²) < 4.78 is 0. The fraction of sp³-hybridized carbons (Fsp3) is 0.320. The van der Waals surface area contributed by atoms with E-state index in [9.17, 15) is 24.5 Å². The Hall–Kier alpha value is -4.01. The molecule has 3 aliphatic rings. The number of nitro groups is 1. The molecule has 1 aliphatic heterocycles. The molecular weight excluding hydrogens is 436 g/mol. The van der Waals surface area contributed by atoms with Gasteiger partial charge in [0.15, 0.2) is 0 Å². The van der Waals surface area contributed by atoms with Gasteiger partial charge in [0.05, 0.1) is 22.3 Å². The van der Waals surface area contributed by atoms with Gasteiger partial charge in [0.25, 0.3) is 11.6 Å². The lowest BCUT2D eigenvalue weighted by Gasteiger charge is -2.18. The van der Waals surface area contributed by atoms with Crippen LogP contribution >= 0.6 is 0 Å². The highest BCUT2D eigenvalue weighted by Gasteiger charge is 2.58. The minimum atomic E-state index is -0.560. The van der Waals surface area contributed by atoms with E-state index in [4.69, 9.17) is 0 Å². The van der Waals surface area contributed by atoms with Crippen LogP contribution < -0.4 is 10.6 Å². The Labute approximate surface area is 196 Å². The number of carbonyl (C=O) groups is 3. The third kappa shape index (κ3) is 3.72. The number of likely N-dealkylation sites (tertiary alicyclic amines) is 1. The van der Waals surface area contributed by atoms with Crippen LogP contribution in [0, 0.1) is 40.7 Å². The van der Waals surface area contributed by atoms with Gasteiger partial charge >= 0.3 is 0 Å². The maximum Gasteiger partial charge on any atom is 0.270 e. The van der Waals surface area contributed by atoms with Gasteiger partial charge < -0.3 is 10.6 Å². The molecule has 2 fully saturated rings. The Bertz CT molecular complexity index is 1210. The number of amides is 3. The highest BCUT2D eigenvalue weighted by molar-refractivity contribution is 6.09. The summed E-state index contributed by atoms with van der Waals surface area (Å²) in [5, 5.41) is 17.1. The number of nitrogens with zero attached hydrogens (tertiary/aromatic N) is 2. The smallest absolute Gasteiger partial charge is 0.270 e. The fourth-order valence-corrected chi connectivity index (χ4v) is 5.40. The number of rotatable bonds is 7. The molecule has 1 saturated carbocycles. The molecule has 174 valence electrons. The third-order valence-corrected chi connectivity index (χ3v) is 6.95. The standard InChI is InChI=1S/C25H24N4O5/c1-14-3-2-4-17(11-14)27-23(30)19-13-18(29(33)34)7-8-20(19)26-9-10-28-24(31)21-15-5-6-16(12-15)22(21)25(28)32/h2-8,11,13,15-16,21-22,26H,9-10,12H2,1H3,(H,27,30)/t15-,16+,21-,22+. The summed E-state index contributed by atoms with van der Waals surface area (Å²) in [6.07, 6.45) is 4.98. The van der Waals surface area contributed by atoms with Crippen LogP contribution in [0.5, 0.6) is 0 Å². The van der Waals surface area contributed by atoms with Crippen LogP contribution in [0.4, 0.5) is 17.1 Å². The molecule has 2 N–H and O–H groups in total. The fourth-order valence-electron chi connectivity index (χ4n) is 5.40. The Balaban J connectivity index is 1.30. The highest BCUT2D eigenvalue weighted by atomic mass is 16.6. The topological polar surface area (TPSA) is 122 Å². The van der Waals surface area contributed by atoms with Crippen LogP contribution in [0.25, 0.3) is 0 Å². The van der Waals surface area contributed by atoms with Crippen LogP contribution in [0.15, 0.2) is 54.6 Å². The number of benzene rings is 2. The van der Waals surface area contributed by atoms with Crippen molar-refractivity contribution in [3.8, 4) is 0 Å². The lowest BCUT2D eigenvalue weighted by Crippen LogP contribution is -2.36. The number of anilines is 2. The molecule has 0 unspecified atom stereocenters. The molecule has 34 heavy (non-hydrogen) atoms. The number of fused-ring (bicyclic) bond motifs is 5. The molecule has 1 heterocycles. The van der Waals surface area contributed by atoms with E-state index in [1.165, 1.54) is 23.1 Å². The summed E-state index contributed by atoms with van der Waals surface area (Å²) in [5.41, 5.74) is 1.82. The molecule has 0 spiro atoms. The second kappa shape index (κ2) is 8.40. The number of non-ortho nitro benzene ring substituents is 1. The number of imide groups is 1. The van der Waals surface area contributed by atoms with Crippen molar-refractivity contribution in [3.05, 3.63) is 75.9 Å². The predicted octanol–water partition coefficient (Wildman–Crippen LogP) is 3.37. The van der Waals surface area contributed by atoms with Crippen molar-refractivity contribution in [2.24, 2.45) is 23.7 Å². The zero-order chi connectivity index (χ0) is 24.0. The van der Waals surface area contributed by atoms with E-state index in [1.807, 2.05) is 13.0 Å². The summed E-state index contributed by atoms with van der Waals surface area (Å²) in [6, 6.07) is 11.2. The quantitative estimate of drug-likeness (QED) is 0.283. The summed E-state index contributed by atoms with van der Waals surface area (Å²) in [4.78, 5) is 50.7. The van der Waals surface area contributed by atoms with Crippen molar-refractivity contribution in [3.63, 3.8) is 0 Å². The van der Waals surface area contributed by atoms with Crippen molar-refractivity contribution in [2.45, 2.75) is 13.3 Å². The van der Waals surface area contributed by atoms with Crippen LogP contribution in [-0.2, 0) is 9.59 Å². The first-order valence-corrected chi connectivity index (χ1v) is 11.3. The maximum atomic E-state index is 13.0. The molecule has 2 bridgehead atoms. The number of hydrogen-bond acceptors (Lipinski definition) is 6. The molecule has 2 aliphatic carbocycles. The van der Waals surface area contributed by atoms with Gasteiger partial charge in [-0.15, -0.1) is 0 Å². The van der Waals surface area contributed by atoms with Crippen molar-refractivity contribution in [1.82, 2.24) is 4.90 Å². The average Bonchev–Trinajstić information content (AvgIpc) is 3.49. The van der Waals surface area contributed by atoms with Crippen molar-refractivity contribution < 1.29 is 19.3 Å². The number of nitro benzene ring substituents is 1. The minimum Gasteiger partial charge on any atom is -0.383 e. The van der Waals surface area contributed by atoms with E-state index in [2.05, 4.69) is 22.8 Å². The molecule has 0 radical (unpaired) electrons. The van der Waals surface area contributed by atoms with Gasteiger partial charge in [-0.2, -0.15) is 0 Å². The second-order valence-corrected chi connectivity index (χ2v) is 9.07. The van der Waals surface area contributed by atoms with Gasteiger partial charge in [0.2, 0.25) is 11.8 Å². The van der Waals surface area contributed by atoms with Crippen LogP contribution in [0.3, 0.4) is 0 Å². The highest BCUT2D eigenvalue weighted by Crippen LogP contribution is 2.52. The van der Waals surface area contributed by atoms with E-state index in [0.717, 1.165) is 12.0 Å². The number of carbonyl (C=O) groups excluding carboxylic acids is 3. The Kier molecular flexibility index (Phi) is 5.39.